The van der Waals surface area contributed by atoms with Crippen LogP contribution in [0, 0.1) is 5.92 Å². The number of hydrogen-bond acceptors (Lipinski definition) is 3. The summed E-state index contributed by atoms with van der Waals surface area (Å²) in [6.07, 6.45) is 0.269. The fourth-order valence-electron chi connectivity index (χ4n) is 2.35. The molecule has 2 amide bonds. The number of halogens is 1. The van der Waals surface area contributed by atoms with Crippen LogP contribution in [-0.2, 0) is 20.9 Å². The van der Waals surface area contributed by atoms with Gasteiger partial charge in [0.25, 0.3) is 0 Å². The summed E-state index contributed by atoms with van der Waals surface area (Å²) in [4.78, 5) is 25.6. The Bertz CT molecular complexity index is 521. The molecule has 21 heavy (non-hydrogen) atoms. The summed E-state index contributed by atoms with van der Waals surface area (Å²) in [5, 5.41) is 3.50. The lowest BCUT2D eigenvalue weighted by atomic mass is 10.1. The number of ether oxygens (including phenoxy) is 1. The SMILES string of the molecule is COCCN1CC(C(=O)NCc2cccc(Cl)c2)CC1=O. The first-order chi connectivity index (χ1) is 10.1. The molecular weight excluding hydrogens is 292 g/mol. The molecule has 0 aliphatic carbocycles. The second-order valence-electron chi connectivity index (χ2n) is 5.08. The van der Waals surface area contributed by atoms with E-state index >= 15 is 0 Å². The van der Waals surface area contributed by atoms with E-state index in [-0.39, 0.29) is 24.2 Å². The summed E-state index contributed by atoms with van der Waals surface area (Å²) in [5.74, 6) is -0.369. The van der Waals surface area contributed by atoms with Crippen LogP contribution < -0.4 is 5.32 Å². The number of rotatable bonds is 6. The average Bonchev–Trinajstić information content (AvgIpc) is 2.84. The van der Waals surface area contributed by atoms with Crippen LogP contribution in [0.5, 0.6) is 0 Å². The second-order valence-corrected chi connectivity index (χ2v) is 5.52. The van der Waals surface area contributed by atoms with Crippen LogP contribution in [-0.4, -0.2) is 43.5 Å². The summed E-state index contributed by atoms with van der Waals surface area (Å²) in [7, 11) is 1.59. The summed E-state index contributed by atoms with van der Waals surface area (Å²) in [5.41, 5.74) is 0.941. The normalized spacial score (nSPS) is 18.1. The molecule has 1 aromatic rings. The molecule has 0 aromatic heterocycles. The number of likely N-dealkylation sites (tertiary alicyclic amines) is 1. The first-order valence-corrected chi connectivity index (χ1v) is 7.27. The molecule has 1 atom stereocenters. The van der Waals surface area contributed by atoms with Crippen LogP contribution in [0.1, 0.15) is 12.0 Å². The zero-order valence-electron chi connectivity index (χ0n) is 12.0. The van der Waals surface area contributed by atoms with E-state index in [9.17, 15) is 9.59 Å². The first kappa shape index (κ1) is 15.8. The van der Waals surface area contributed by atoms with Crippen LogP contribution >= 0.6 is 11.6 Å². The molecule has 5 nitrogen and oxygen atoms in total. The number of carbonyl (C=O) groups excluding carboxylic acids is 2. The Morgan fingerprint density at radius 3 is 3.05 bits per heavy atom. The highest BCUT2D eigenvalue weighted by molar-refractivity contribution is 6.30. The van der Waals surface area contributed by atoms with Gasteiger partial charge in [0.15, 0.2) is 0 Å². The quantitative estimate of drug-likeness (QED) is 0.865. The number of methoxy groups -OCH3 is 1. The van der Waals surface area contributed by atoms with Gasteiger partial charge in [0.05, 0.1) is 12.5 Å². The third-order valence-corrected chi connectivity index (χ3v) is 3.74. The van der Waals surface area contributed by atoms with Gasteiger partial charge in [-0.1, -0.05) is 23.7 Å². The second kappa shape index (κ2) is 7.43. The third-order valence-electron chi connectivity index (χ3n) is 3.51. The molecule has 114 valence electrons. The molecule has 0 spiro atoms. The molecule has 0 radical (unpaired) electrons. The van der Waals surface area contributed by atoms with E-state index in [0.29, 0.717) is 31.3 Å². The van der Waals surface area contributed by atoms with Crippen molar-refractivity contribution in [3.8, 4) is 0 Å². The highest BCUT2D eigenvalue weighted by Crippen LogP contribution is 2.18. The van der Waals surface area contributed by atoms with Crippen LogP contribution in [0.25, 0.3) is 0 Å². The van der Waals surface area contributed by atoms with Gasteiger partial charge in [0.1, 0.15) is 0 Å². The van der Waals surface area contributed by atoms with Crippen molar-refractivity contribution < 1.29 is 14.3 Å². The zero-order valence-corrected chi connectivity index (χ0v) is 12.7. The minimum atomic E-state index is -0.284. The predicted octanol–water partition coefficient (Wildman–Crippen LogP) is 1.45. The summed E-state index contributed by atoms with van der Waals surface area (Å²) in [6.45, 7) is 1.90. The van der Waals surface area contributed by atoms with Crippen LogP contribution in [0.4, 0.5) is 0 Å². The van der Waals surface area contributed by atoms with Gasteiger partial charge in [-0.25, -0.2) is 0 Å². The fraction of sp³-hybridized carbons (Fsp3) is 0.467. The standard InChI is InChI=1S/C15H19ClN2O3/c1-21-6-5-18-10-12(8-14(18)19)15(20)17-9-11-3-2-4-13(16)7-11/h2-4,7,12H,5-6,8-10H2,1H3,(H,17,20). The van der Waals surface area contributed by atoms with Gasteiger partial charge in [0, 0.05) is 38.2 Å². The van der Waals surface area contributed by atoms with Crippen molar-refractivity contribution in [2.45, 2.75) is 13.0 Å². The molecular formula is C15H19ClN2O3. The van der Waals surface area contributed by atoms with E-state index in [1.54, 1.807) is 18.1 Å². The predicted molar refractivity (Wildman–Crippen MR) is 79.9 cm³/mol. The number of nitrogens with one attached hydrogen (secondary N) is 1. The maximum Gasteiger partial charge on any atom is 0.225 e. The Morgan fingerprint density at radius 1 is 1.52 bits per heavy atom. The summed E-state index contributed by atoms with van der Waals surface area (Å²) < 4.78 is 4.96. The zero-order chi connectivity index (χ0) is 15.2. The molecule has 1 fully saturated rings. The lowest BCUT2D eigenvalue weighted by molar-refractivity contribution is -0.129. The largest absolute Gasteiger partial charge is 0.383 e. The number of amides is 2. The minimum absolute atomic E-state index is 0.00922. The number of nitrogens with zero attached hydrogens (tertiary/aromatic N) is 1. The van der Waals surface area contributed by atoms with Gasteiger partial charge in [-0.3, -0.25) is 9.59 Å². The van der Waals surface area contributed by atoms with Gasteiger partial charge in [-0.2, -0.15) is 0 Å². The van der Waals surface area contributed by atoms with Crippen LogP contribution in [0.2, 0.25) is 5.02 Å². The lowest BCUT2D eigenvalue weighted by Crippen LogP contribution is -2.33. The maximum absolute atomic E-state index is 12.1. The molecule has 0 bridgehead atoms. The van der Waals surface area contributed by atoms with Gasteiger partial charge in [-0.05, 0) is 17.7 Å². The van der Waals surface area contributed by atoms with E-state index in [2.05, 4.69) is 5.32 Å². The van der Waals surface area contributed by atoms with E-state index in [1.165, 1.54) is 0 Å². The number of carbonyl (C=O) groups is 2. The molecule has 1 heterocycles. The van der Waals surface area contributed by atoms with Gasteiger partial charge in [0.2, 0.25) is 11.8 Å². The lowest BCUT2D eigenvalue weighted by Gasteiger charge is -2.15. The van der Waals surface area contributed by atoms with Gasteiger partial charge < -0.3 is 15.0 Å². The van der Waals surface area contributed by atoms with Gasteiger partial charge >= 0.3 is 0 Å². The number of hydrogen-bond donors (Lipinski definition) is 1. The summed E-state index contributed by atoms with van der Waals surface area (Å²) in [6, 6.07) is 7.34. The molecule has 1 unspecified atom stereocenters. The third kappa shape index (κ3) is 4.44. The molecule has 1 aliphatic rings. The Morgan fingerprint density at radius 2 is 2.33 bits per heavy atom. The molecule has 0 saturated carbocycles. The van der Waals surface area contributed by atoms with Crippen molar-refractivity contribution in [3.63, 3.8) is 0 Å². The Labute approximate surface area is 129 Å². The van der Waals surface area contributed by atoms with Gasteiger partial charge in [-0.15, -0.1) is 0 Å². The molecule has 1 aliphatic heterocycles. The molecule has 1 N–H and O–H groups in total. The fourth-order valence-corrected chi connectivity index (χ4v) is 2.56. The highest BCUT2D eigenvalue weighted by atomic mass is 35.5. The Balaban J connectivity index is 1.83. The molecule has 1 saturated heterocycles. The van der Waals surface area contributed by atoms with Crippen LogP contribution in [0.3, 0.4) is 0 Å². The van der Waals surface area contributed by atoms with Crippen molar-refractivity contribution in [1.29, 1.82) is 0 Å². The summed E-state index contributed by atoms with van der Waals surface area (Å²) >= 11 is 5.90. The van der Waals surface area contributed by atoms with E-state index in [1.807, 2.05) is 18.2 Å². The number of benzene rings is 1. The van der Waals surface area contributed by atoms with Crippen molar-refractivity contribution in [1.82, 2.24) is 10.2 Å². The monoisotopic (exact) mass is 310 g/mol. The maximum atomic E-state index is 12.1. The van der Waals surface area contributed by atoms with Crippen molar-refractivity contribution in [2.24, 2.45) is 5.92 Å². The van der Waals surface area contributed by atoms with Crippen molar-refractivity contribution >= 4 is 23.4 Å². The highest BCUT2D eigenvalue weighted by Gasteiger charge is 2.33. The first-order valence-electron chi connectivity index (χ1n) is 6.89. The molecule has 2 rings (SSSR count). The minimum Gasteiger partial charge on any atom is -0.383 e. The van der Waals surface area contributed by atoms with E-state index in [0.717, 1.165) is 5.56 Å². The van der Waals surface area contributed by atoms with E-state index in [4.69, 9.17) is 16.3 Å². The van der Waals surface area contributed by atoms with Crippen LogP contribution in [0.15, 0.2) is 24.3 Å². The molecule has 1 aromatic carbocycles. The van der Waals surface area contributed by atoms with Crippen molar-refractivity contribution in [3.05, 3.63) is 34.9 Å². The topological polar surface area (TPSA) is 58.6 Å². The average molecular weight is 311 g/mol. The Hall–Kier alpha value is -1.59. The smallest absolute Gasteiger partial charge is 0.225 e. The van der Waals surface area contributed by atoms with Crippen molar-refractivity contribution in [2.75, 3.05) is 26.8 Å². The Kier molecular flexibility index (Phi) is 5.59. The molecule has 6 heteroatoms. The van der Waals surface area contributed by atoms with E-state index < -0.39 is 0 Å².